The van der Waals surface area contributed by atoms with Gasteiger partial charge in [-0.15, -0.1) is 0 Å². The van der Waals surface area contributed by atoms with Crippen molar-refractivity contribution < 1.29 is 0 Å². The molecule has 0 amide bonds. The summed E-state index contributed by atoms with van der Waals surface area (Å²) < 4.78 is 0. The van der Waals surface area contributed by atoms with E-state index in [1.807, 2.05) is 12.4 Å². The normalized spacial score (nSPS) is 25.6. The molecule has 0 bridgehead atoms. The number of hydrogen-bond donors (Lipinski definition) is 1. The Hall–Kier alpha value is -0.930. The maximum absolute atomic E-state index is 4.18. The van der Waals surface area contributed by atoms with Crippen LogP contribution < -0.4 is 5.32 Å². The predicted molar refractivity (Wildman–Crippen MR) is 75.5 cm³/mol. The van der Waals surface area contributed by atoms with Crippen LogP contribution in [0.15, 0.2) is 18.5 Å². The molecule has 0 aliphatic carbocycles. The van der Waals surface area contributed by atoms with E-state index in [4.69, 9.17) is 0 Å². The molecule has 3 nitrogen and oxygen atoms in total. The SMILES string of the molecule is Cc1cnccc1CN1CC(C)NCC1C(C)C. The summed E-state index contributed by atoms with van der Waals surface area (Å²) in [5.74, 6) is 0.687. The van der Waals surface area contributed by atoms with Crippen LogP contribution in [0.3, 0.4) is 0 Å². The molecule has 1 aliphatic heterocycles. The molecule has 0 saturated carbocycles. The van der Waals surface area contributed by atoms with Crippen molar-refractivity contribution >= 4 is 0 Å². The van der Waals surface area contributed by atoms with Gasteiger partial charge in [-0.2, -0.15) is 0 Å². The molecule has 1 fully saturated rings. The van der Waals surface area contributed by atoms with Crippen LogP contribution in [0.25, 0.3) is 0 Å². The number of pyridine rings is 1. The molecule has 18 heavy (non-hydrogen) atoms. The van der Waals surface area contributed by atoms with Gasteiger partial charge in [-0.1, -0.05) is 13.8 Å². The first kappa shape index (κ1) is 13.5. The summed E-state index contributed by atoms with van der Waals surface area (Å²) in [6.45, 7) is 12.3. The molecule has 100 valence electrons. The molecular formula is C15H25N3. The highest BCUT2D eigenvalue weighted by molar-refractivity contribution is 5.21. The van der Waals surface area contributed by atoms with E-state index in [0.717, 1.165) is 19.6 Å². The minimum Gasteiger partial charge on any atom is -0.311 e. The predicted octanol–water partition coefficient (Wildman–Crippen LogP) is 2.21. The average Bonchev–Trinajstić information content (AvgIpc) is 2.32. The molecule has 3 heteroatoms. The molecule has 1 aromatic heterocycles. The van der Waals surface area contributed by atoms with Gasteiger partial charge < -0.3 is 5.32 Å². The first-order valence-corrected chi connectivity index (χ1v) is 6.95. The summed E-state index contributed by atoms with van der Waals surface area (Å²) in [7, 11) is 0. The van der Waals surface area contributed by atoms with Gasteiger partial charge in [-0.05, 0) is 37.0 Å². The van der Waals surface area contributed by atoms with E-state index in [0.29, 0.717) is 18.0 Å². The highest BCUT2D eigenvalue weighted by Crippen LogP contribution is 2.19. The largest absolute Gasteiger partial charge is 0.311 e. The minimum absolute atomic E-state index is 0.585. The van der Waals surface area contributed by atoms with E-state index in [1.54, 1.807) is 0 Å². The Kier molecular flexibility index (Phi) is 4.36. The first-order chi connectivity index (χ1) is 8.58. The third kappa shape index (κ3) is 3.09. The van der Waals surface area contributed by atoms with Gasteiger partial charge in [0.05, 0.1) is 0 Å². The summed E-state index contributed by atoms with van der Waals surface area (Å²) in [5, 5.41) is 3.59. The van der Waals surface area contributed by atoms with E-state index in [2.05, 4.69) is 49.0 Å². The zero-order valence-corrected chi connectivity index (χ0v) is 12.0. The lowest BCUT2D eigenvalue weighted by molar-refractivity contribution is 0.0954. The zero-order chi connectivity index (χ0) is 13.1. The Balaban J connectivity index is 2.11. The molecular weight excluding hydrogens is 222 g/mol. The standard InChI is InChI=1S/C15H25N3/c1-11(2)15-8-17-13(4)9-18(15)10-14-5-6-16-7-12(14)3/h5-7,11,13,15,17H,8-10H2,1-4H3. The van der Waals surface area contributed by atoms with E-state index < -0.39 is 0 Å². The monoisotopic (exact) mass is 247 g/mol. The first-order valence-electron chi connectivity index (χ1n) is 6.95. The number of aryl methyl sites for hydroxylation is 1. The maximum Gasteiger partial charge on any atom is 0.0300 e. The van der Waals surface area contributed by atoms with E-state index >= 15 is 0 Å². The second-order valence-corrected chi connectivity index (χ2v) is 5.85. The summed E-state index contributed by atoms with van der Waals surface area (Å²) in [6, 6.07) is 3.37. The number of piperazine rings is 1. The van der Waals surface area contributed by atoms with Gasteiger partial charge in [0.15, 0.2) is 0 Å². The molecule has 0 aromatic carbocycles. The van der Waals surface area contributed by atoms with Crippen molar-refractivity contribution in [3.8, 4) is 0 Å². The molecule has 1 N–H and O–H groups in total. The highest BCUT2D eigenvalue weighted by atomic mass is 15.2. The van der Waals surface area contributed by atoms with Gasteiger partial charge in [0.1, 0.15) is 0 Å². The van der Waals surface area contributed by atoms with Gasteiger partial charge in [-0.25, -0.2) is 0 Å². The smallest absolute Gasteiger partial charge is 0.0300 e. The fourth-order valence-corrected chi connectivity index (χ4v) is 2.74. The van der Waals surface area contributed by atoms with Crippen molar-refractivity contribution in [2.24, 2.45) is 5.92 Å². The molecule has 1 aromatic rings. The number of nitrogens with zero attached hydrogens (tertiary/aromatic N) is 2. The molecule has 0 spiro atoms. The van der Waals surface area contributed by atoms with Crippen molar-refractivity contribution in [1.82, 2.24) is 15.2 Å². The van der Waals surface area contributed by atoms with Crippen molar-refractivity contribution in [2.75, 3.05) is 13.1 Å². The Bertz CT molecular complexity index is 389. The van der Waals surface area contributed by atoms with Gasteiger partial charge in [0, 0.05) is 44.1 Å². The highest BCUT2D eigenvalue weighted by Gasteiger charge is 2.28. The van der Waals surface area contributed by atoms with Crippen LogP contribution in [-0.4, -0.2) is 35.1 Å². The van der Waals surface area contributed by atoms with Crippen molar-refractivity contribution in [2.45, 2.75) is 46.3 Å². The van der Waals surface area contributed by atoms with Gasteiger partial charge in [0.25, 0.3) is 0 Å². The van der Waals surface area contributed by atoms with Gasteiger partial charge >= 0.3 is 0 Å². The Morgan fingerprint density at radius 3 is 2.94 bits per heavy atom. The fourth-order valence-electron chi connectivity index (χ4n) is 2.74. The molecule has 2 unspecified atom stereocenters. The topological polar surface area (TPSA) is 28.2 Å². The second kappa shape index (κ2) is 5.81. The summed E-state index contributed by atoms with van der Waals surface area (Å²) >= 11 is 0. The van der Waals surface area contributed by atoms with Gasteiger partial charge in [0.2, 0.25) is 0 Å². The van der Waals surface area contributed by atoms with Crippen LogP contribution in [-0.2, 0) is 6.54 Å². The van der Waals surface area contributed by atoms with Crippen molar-refractivity contribution in [3.63, 3.8) is 0 Å². The Labute approximate surface area is 111 Å². The number of rotatable bonds is 3. The molecule has 2 heterocycles. The summed E-state index contributed by atoms with van der Waals surface area (Å²) in [6.07, 6.45) is 3.86. The van der Waals surface area contributed by atoms with Crippen molar-refractivity contribution in [1.29, 1.82) is 0 Å². The molecule has 0 radical (unpaired) electrons. The third-order valence-corrected chi connectivity index (χ3v) is 3.93. The van der Waals surface area contributed by atoms with Crippen LogP contribution in [0.2, 0.25) is 0 Å². The van der Waals surface area contributed by atoms with Crippen LogP contribution in [0.5, 0.6) is 0 Å². The van der Waals surface area contributed by atoms with Gasteiger partial charge in [-0.3, -0.25) is 9.88 Å². The maximum atomic E-state index is 4.18. The lowest BCUT2D eigenvalue weighted by Gasteiger charge is -2.41. The zero-order valence-electron chi connectivity index (χ0n) is 12.0. The third-order valence-electron chi connectivity index (χ3n) is 3.93. The lowest BCUT2D eigenvalue weighted by Crippen LogP contribution is -2.56. The molecule has 1 aliphatic rings. The van der Waals surface area contributed by atoms with E-state index in [9.17, 15) is 0 Å². The molecule has 2 atom stereocenters. The van der Waals surface area contributed by atoms with Crippen LogP contribution >= 0.6 is 0 Å². The average molecular weight is 247 g/mol. The number of hydrogen-bond acceptors (Lipinski definition) is 3. The van der Waals surface area contributed by atoms with Crippen LogP contribution in [0.1, 0.15) is 31.9 Å². The minimum atomic E-state index is 0.585. The Morgan fingerprint density at radius 2 is 2.28 bits per heavy atom. The van der Waals surface area contributed by atoms with Crippen LogP contribution in [0, 0.1) is 12.8 Å². The summed E-state index contributed by atoms with van der Waals surface area (Å²) in [5.41, 5.74) is 2.70. The lowest BCUT2D eigenvalue weighted by atomic mass is 9.97. The number of nitrogens with one attached hydrogen (secondary N) is 1. The van der Waals surface area contributed by atoms with E-state index in [-0.39, 0.29) is 0 Å². The quantitative estimate of drug-likeness (QED) is 0.887. The Morgan fingerprint density at radius 1 is 1.50 bits per heavy atom. The summed E-state index contributed by atoms with van der Waals surface area (Å²) in [4.78, 5) is 6.80. The van der Waals surface area contributed by atoms with Crippen molar-refractivity contribution in [3.05, 3.63) is 29.6 Å². The fraction of sp³-hybridized carbons (Fsp3) is 0.667. The second-order valence-electron chi connectivity index (χ2n) is 5.85. The van der Waals surface area contributed by atoms with Crippen LogP contribution in [0.4, 0.5) is 0 Å². The molecule has 1 saturated heterocycles. The van der Waals surface area contributed by atoms with E-state index in [1.165, 1.54) is 11.1 Å². The molecule has 2 rings (SSSR count). The number of aromatic nitrogens is 1.